The molecule has 160 valence electrons. The Kier molecular flexibility index (Phi) is 7.49. The third kappa shape index (κ3) is 6.14. The van der Waals surface area contributed by atoms with Crippen molar-refractivity contribution in [1.29, 1.82) is 0 Å². The van der Waals surface area contributed by atoms with Gasteiger partial charge in [0.15, 0.2) is 0 Å². The van der Waals surface area contributed by atoms with Gasteiger partial charge in [0.2, 0.25) is 15.9 Å². The Morgan fingerprint density at radius 3 is 2.24 bits per heavy atom. The lowest BCUT2D eigenvalue weighted by Crippen LogP contribution is -2.52. The number of nitrogens with zero attached hydrogens (tertiary/aromatic N) is 3. The SMILES string of the molecule is CC(C)CN1CCN(C(=O)C2CCN(S(=O)(=O)C=Cc3ccccc3)CC2)CC1. The van der Waals surface area contributed by atoms with E-state index in [-0.39, 0.29) is 11.8 Å². The normalized spacial score (nSPS) is 20.6. The third-order valence-corrected chi connectivity index (χ3v) is 7.27. The quantitative estimate of drug-likeness (QED) is 0.711. The fraction of sp³-hybridized carbons (Fsp3) is 0.591. The highest BCUT2D eigenvalue weighted by Gasteiger charge is 2.33. The number of sulfonamides is 1. The van der Waals surface area contributed by atoms with E-state index in [0.29, 0.717) is 31.8 Å². The summed E-state index contributed by atoms with van der Waals surface area (Å²) in [5.41, 5.74) is 0.859. The van der Waals surface area contributed by atoms with Crippen molar-refractivity contribution in [1.82, 2.24) is 14.1 Å². The molecule has 0 bridgehead atoms. The molecule has 2 saturated heterocycles. The van der Waals surface area contributed by atoms with E-state index in [9.17, 15) is 13.2 Å². The first-order valence-corrected chi connectivity index (χ1v) is 12.1. The molecule has 2 aliphatic heterocycles. The Morgan fingerprint density at radius 2 is 1.66 bits per heavy atom. The second-order valence-electron chi connectivity index (χ2n) is 8.45. The van der Waals surface area contributed by atoms with Crippen molar-refractivity contribution < 1.29 is 13.2 Å². The highest BCUT2D eigenvalue weighted by Crippen LogP contribution is 2.23. The van der Waals surface area contributed by atoms with Crippen LogP contribution in [0.25, 0.3) is 6.08 Å². The number of benzene rings is 1. The van der Waals surface area contributed by atoms with Gasteiger partial charge >= 0.3 is 0 Å². The van der Waals surface area contributed by atoms with Gasteiger partial charge in [0, 0.05) is 57.1 Å². The second kappa shape index (κ2) is 9.87. The van der Waals surface area contributed by atoms with Crippen LogP contribution < -0.4 is 0 Å². The van der Waals surface area contributed by atoms with Gasteiger partial charge in [-0.2, -0.15) is 4.31 Å². The monoisotopic (exact) mass is 419 g/mol. The van der Waals surface area contributed by atoms with Crippen LogP contribution in [0.2, 0.25) is 0 Å². The summed E-state index contributed by atoms with van der Waals surface area (Å²) < 4.78 is 26.7. The van der Waals surface area contributed by atoms with Crippen molar-refractivity contribution >= 4 is 22.0 Å². The number of carbonyl (C=O) groups is 1. The van der Waals surface area contributed by atoms with Crippen LogP contribution in [0.3, 0.4) is 0 Å². The van der Waals surface area contributed by atoms with Gasteiger partial charge in [0.05, 0.1) is 0 Å². The molecule has 2 heterocycles. The molecule has 0 aromatic heterocycles. The molecule has 0 unspecified atom stereocenters. The first-order valence-electron chi connectivity index (χ1n) is 10.6. The van der Waals surface area contributed by atoms with Gasteiger partial charge in [-0.3, -0.25) is 9.69 Å². The maximum absolute atomic E-state index is 12.9. The smallest absolute Gasteiger partial charge is 0.236 e. The minimum atomic E-state index is -3.45. The number of amides is 1. The second-order valence-corrected chi connectivity index (χ2v) is 10.3. The fourth-order valence-corrected chi connectivity index (χ4v) is 5.32. The van der Waals surface area contributed by atoms with Gasteiger partial charge < -0.3 is 4.90 Å². The zero-order chi connectivity index (χ0) is 20.9. The first kappa shape index (κ1) is 22.0. The van der Waals surface area contributed by atoms with Gasteiger partial charge in [-0.15, -0.1) is 0 Å². The van der Waals surface area contributed by atoms with Crippen molar-refractivity contribution in [3.8, 4) is 0 Å². The standard InChI is InChI=1S/C22H33N3O3S/c1-19(2)18-23-13-15-24(16-14-23)22(26)21-8-11-25(12-9-21)29(27,28)17-10-20-6-4-3-5-7-20/h3-7,10,17,19,21H,8-9,11-16,18H2,1-2H3. The molecule has 0 spiro atoms. The third-order valence-electron chi connectivity index (χ3n) is 5.70. The topological polar surface area (TPSA) is 60.9 Å². The molecular formula is C22H33N3O3S. The van der Waals surface area contributed by atoms with Crippen LogP contribution in [0.4, 0.5) is 0 Å². The van der Waals surface area contributed by atoms with E-state index in [1.165, 1.54) is 9.71 Å². The number of carbonyl (C=O) groups excluding carboxylic acids is 1. The van der Waals surface area contributed by atoms with Gasteiger partial charge in [-0.1, -0.05) is 44.2 Å². The maximum atomic E-state index is 12.9. The van der Waals surface area contributed by atoms with E-state index in [2.05, 4.69) is 18.7 Å². The minimum absolute atomic E-state index is 0.0591. The van der Waals surface area contributed by atoms with Crippen molar-refractivity contribution in [2.45, 2.75) is 26.7 Å². The molecule has 3 rings (SSSR count). The highest BCUT2D eigenvalue weighted by molar-refractivity contribution is 7.92. The highest BCUT2D eigenvalue weighted by atomic mass is 32.2. The Balaban J connectivity index is 1.48. The Morgan fingerprint density at radius 1 is 1.03 bits per heavy atom. The molecular weight excluding hydrogens is 386 g/mol. The predicted molar refractivity (Wildman–Crippen MR) is 117 cm³/mol. The zero-order valence-corrected chi connectivity index (χ0v) is 18.4. The van der Waals surface area contributed by atoms with Crippen LogP contribution in [-0.4, -0.2) is 74.2 Å². The lowest BCUT2D eigenvalue weighted by atomic mass is 9.96. The number of hydrogen-bond donors (Lipinski definition) is 0. The lowest BCUT2D eigenvalue weighted by molar-refractivity contribution is -0.138. The van der Waals surface area contributed by atoms with Crippen molar-refractivity contribution in [3.05, 3.63) is 41.3 Å². The number of rotatable bonds is 6. The largest absolute Gasteiger partial charge is 0.340 e. The number of hydrogen-bond acceptors (Lipinski definition) is 4. The molecule has 0 radical (unpaired) electrons. The van der Waals surface area contributed by atoms with Crippen LogP contribution >= 0.6 is 0 Å². The van der Waals surface area contributed by atoms with Gasteiger partial charge in [0.25, 0.3) is 0 Å². The summed E-state index contributed by atoms with van der Waals surface area (Å²) in [5.74, 6) is 0.779. The van der Waals surface area contributed by atoms with E-state index >= 15 is 0 Å². The first-order chi connectivity index (χ1) is 13.8. The molecule has 0 atom stereocenters. The van der Waals surface area contributed by atoms with E-state index in [0.717, 1.165) is 38.3 Å². The van der Waals surface area contributed by atoms with E-state index in [1.54, 1.807) is 6.08 Å². The summed E-state index contributed by atoms with van der Waals surface area (Å²) in [4.78, 5) is 17.3. The van der Waals surface area contributed by atoms with Crippen LogP contribution in [0.15, 0.2) is 35.7 Å². The average molecular weight is 420 g/mol. The van der Waals surface area contributed by atoms with Crippen LogP contribution in [0.5, 0.6) is 0 Å². The molecule has 1 aromatic rings. The van der Waals surface area contributed by atoms with E-state index in [1.807, 2.05) is 35.2 Å². The van der Waals surface area contributed by atoms with E-state index in [4.69, 9.17) is 0 Å². The molecule has 2 aliphatic rings. The van der Waals surface area contributed by atoms with Crippen LogP contribution in [0.1, 0.15) is 32.3 Å². The van der Waals surface area contributed by atoms with Crippen molar-refractivity contribution in [2.75, 3.05) is 45.8 Å². The minimum Gasteiger partial charge on any atom is -0.340 e. The molecule has 0 saturated carbocycles. The van der Waals surface area contributed by atoms with Crippen molar-refractivity contribution in [2.24, 2.45) is 11.8 Å². The van der Waals surface area contributed by atoms with Crippen molar-refractivity contribution in [3.63, 3.8) is 0 Å². The maximum Gasteiger partial charge on any atom is 0.236 e. The summed E-state index contributed by atoms with van der Waals surface area (Å²) in [6.45, 7) is 9.75. The molecule has 29 heavy (non-hydrogen) atoms. The van der Waals surface area contributed by atoms with Crippen LogP contribution in [0, 0.1) is 11.8 Å². The zero-order valence-electron chi connectivity index (χ0n) is 17.5. The lowest BCUT2D eigenvalue weighted by Gasteiger charge is -2.38. The Bertz CT molecular complexity index is 792. The summed E-state index contributed by atoms with van der Waals surface area (Å²) in [7, 11) is -3.45. The van der Waals surface area contributed by atoms with Gasteiger partial charge in [-0.25, -0.2) is 8.42 Å². The summed E-state index contributed by atoms with van der Waals surface area (Å²) >= 11 is 0. The average Bonchev–Trinajstić information content (AvgIpc) is 2.73. The predicted octanol–water partition coefficient (Wildman–Crippen LogP) is 2.50. The number of piperidine rings is 1. The molecule has 2 fully saturated rings. The van der Waals surface area contributed by atoms with Crippen LogP contribution in [-0.2, 0) is 14.8 Å². The number of piperazine rings is 1. The molecule has 7 heteroatoms. The molecule has 1 aromatic carbocycles. The molecule has 6 nitrogen and oxygen atoms in total. The Labute approximate surface area is 175 Å². The molecule has 0 aliphatic carbocycles. The van der Waals surface area contributed by atoms with Gasteiger partial charge in [0.1, 0.15) is 0 Å². The van der Waals surface area contributed by atoms with Gasteiger partial charge in [-0.05, 0) is 30.4 Å². The summed E-state index contributed by atoms with van der Waals surface area (Å²) in [6.07, 6.45) is 2.83. The molecule has 0 N–H and O–H groups in total. The summed E-state index contributed by atoms with van der Waals surface area (Å²) in [5, 5.41) is 1.28. The Hall–Kier alpha value is -1.70. The van der Waals surface area contributed by atoms with E-state index < -0.39 is 10.0 Å². The fourth-order valence-electron chi connectivity index (χ4n) is 4.10. The summed E-state index contributed by atoms with van der Waals surface area (Å²) in [6, 6.07) is 9.41. The molecule has 1 amide bonds.